The molecule has 3 N–H and O–H groups in total. The normalized spacial score (nSPS) is 14.4. The molecular formula is C12H24N2O5S2. The van der Waals surface area contributed by atoms with Gasteiger partial charge in [-0.25, -0.2) is 13.1 Å². The minimum Gasteiger partial charge on any atom is -0.481 e. The molecule has 0 radical (unpaired) electrons. The van der Waals surface area contributed by atoms with Gasteiger partial charge in [0.25, 0.3) is 0 Å². The van der Waals surface area contributed by atoms with Crippen LogP contribution in [0.15, 0.2) is 0 Å². The molecule has 0 fully saturated rings. The van der Waals surface area contributed by atoms with Crippen LogP contribution in [0.2, 0.25) is 0 Å². The van der Waals surface area contributed by atoms with E-state index in [0.717, 1.165) is 0 Å². The topological polar surface area (TPSA) is 113 Å². The average Bonchev–Trinajstić information content (AvgIpc) is 2.42. The fourth-order valence-corrected chi connectivity index (χ4v) is 2.73. The van der Waals surface area contributed by atoms with Crippen molar-refractivity contribution in [3.05, 3.63) is 0 Å². The molecule has 1 amide bonds. The van der Waals surface area contributed by atoms with Gasteiger partial charge in [-0.3, -0.25) is 9.59 Å². The number of hydrogen-bond acceptors (Lipinski definition) is 5. The van der Waals surface area contributed by atoms with Crippen LogP contribution in [0.4, 0.5) is 0 Å². The Morgan fingerprint density at radius 1 is 1.29 bits per heavy atom. The number of amides is 1. The molecule has 0 saturated heterocycles. The number of carboxylic acids is 1. The summed E-state index contributed by atoms with van der Waals surface area (Å²) in [5, 5.41) is 11.3. The quantitative estimate of drug-likeness (QED) is 0.498. The predicted octanol–water partition coefficient (Wildman–Crippen LogP) is 0.274. The zero-order chi connectivity index (χ0) is 16.5. The van der Waals surface area contributed by atoms with Gasteiger partial charge in [0.2, 0.25) is 15.9 Å². The first kappa shape index (κ1) is 20.2. The Hall–Kier alpha value is -0.800. The smallest absolute Gasteiger partial charge is 0.306 e. The van der Waals surface area contributed by atoms with E-state index in [1.807, 2.05) is 6.26 Å². The van der Waals surface area contributed by atoms with Crippen LogP contribution in [0.3, 0.4) is 0 Å². The van der Waals surface area contributed by atoms with Gasteiger partial charge in [0.15, 0.2) is 0 Å². The monoisotopic (exact) mass is 340 g/mol. The molecule has 21 heavy (non-hydrogen) atoms. The highest BCUT2D eigenvalue weighted by Crippen LogP contribution is 2.04. The molecule has 7 nitrogen and oxygen atoms in total. The van der Waals surface area contributed by atoms with Gasteiger partial charge in [-0.05, 0) is 31.8 Å². The molecule has 0 aromatic carbocycles. The highest BCUT2D eigenvalue weighted by atomic mass is 32.2. The van der Waals surface area contributed by atoms with Gasteiger partial charge in [-0.2, -0.15) is 11.8 Å². The second-order valence-corrected chi connectivity index (χ2v) is 7.70. The van der Waals surface area contributed by atoms with Crippen LogP contribution >= 0.6 is 11.8 Å². The van der Waals surface area contributed by atoms with E-state index in [9.17, 15) is 18.0 Å². The molecule has 0 heterocycles. The summed E-state index contributed by atoms with van der Waals surface area (Å²) in [7, 11) is -3.46. The minimum atomic E-state index is -3.46. The van der Waals surface area contributed by atoms with Crippen molar-refractivity contribution in [2.45, 2.75) is 32.7 Å². The molecule has 0 aliphatic carbocycles. The van der Waals surface area contributed by atoms with E-state index in [1.54, 1.807) is 6.92 Å². The van der Waals surface area contributed by atoms with E-state index >= 15 is 0 Å². The van der Waals surface area contributed by atoms with Crippen LogP contribution in [0.1, 0.15) is 26.7 Å². The first-order valence-electron chi connectivity index (χ1n) is 6.73. The molecule has 0 spiro atoms. The van der Waals surface area contributed by atoms with Gasteiger partial charge in [0, 0.05) is 6.54 Å². The summed E-state index contributed by atoms with van der Waals surface area (Å²) >= 11 is 1.52. The van der Waals surface area contributed by atoms with Crippen molar-refractivity contribution in [2.24, 2.45) is 5.92 Å². The summed E-state index contributed by atoms with van der Waals surface area (Å²) in [4.78, 5) is 22.7. The summed E-state index contributed by atoms with van der Waals surface area (Å²) in [6.45, 7) is 3.26. The highest BCUT2D eigenvalue weighted by molar-refractivity contribution is 7.98. The Balaban J connectivity index is 4.48. The lowest BCUT2D eigenvalue weighted by atomic mass is 10.1. The summed E-state index contributed by atoms with van der Waals surface area (Å²) in [6.07, 6.45) is 2.56. The van der Waals surface area contributed by atoms with E-state index in [4.69, 9.17) is 5.11 Å². The van der Waals surface area contributed by atoms with Gasteiger partial charge in [-0.1, -0.05) is 6.92 Å². The maximum absolute atomic E-state index is 12.0. The van der Waals surface area contributed by atoms with Crippen molar-refractivity contribution < 1.29 is 23.1 Å². The number of thioether (sulfide) groups is 1. The largest absolute Gasteiger partial charge is 0.481 e. The van der Waals surface area contributed by atoms with Crippen molar-refractivity contribution in [3.8, 4) is 0 Å². The molecule has 124 valence electrons. The summed E-state index contributed by atoms with van der Waals surface area (Å²) in [5.74, 6) is -1.34. The van der Waals surface area contributed by atoms with Crippen LogP contribution < -0.4 is 10.0 Å². The molecule has 0 aromatic heterocycles. The van der Waals surface area contributed by atoms with Crippen molar-refractivity contribution in [3.63, 3.8) is 0 Å². The molecule has 0 aliphatic rings. The maximum Gasteiger partial charge on any atom is 0.306 e. The number of carbonyl (C=O) groups is 2. The molecule has 0 bridgehead atoms. The Kier molecular flexibility index (Phi) is 9.63. The van der Waals surface area contributed by atoms with Gasteiger partial charge in [-0.15, -0.1) is 0 Å². The summed E-state index contributed by atoms with van der Waals surface area (Å²) in [6, 6.07) is -0.817. The van der Waals surface area contributed by atoms with Crippen LogP contribution in [0, 0.1) is 5.92 Å². The molecule has 0 aliphatic heterocycles. The third-order valence-corrected chi connectivity index (χ3v) is 4.97. The van der Waals surface area contributed by atoms with Crippen molar-refractivity contribution in [1.82, 2.24) is 10.0 Å². The summed E-state index contributed by atoms with van der Waals surface area (Å²) < 4.78 is 25.5. The standard InChI is InChI=1S/C12H24N2O5S2/c1-4-21(18,19)14-10(6-8-20-3)11(15)13-7-5-9(2)12(16)17/h9-10,14H,4-8H2,1-3H3,(H,13,15)(H,16,17). The Bertz CT molecular complexity index is 439. The predicted molar refractivity (Wildman–Crippen MR) is 83.8 cm³/mol. The number of rotatable bonds is 11. The highest BCUT2D eigenvalue weighted by Gasteiger charge is 2.23. The zero-order valence-electron chi connectivity index (χ0n) is 12.6. The lowest BCUT2D eigenvalue weighted by molar-refractivity contribution is -0.141. The fourth-order valence-electron chi connectivity index (χ4n) is 1.44. The van der Waals surface area contributed by atoms with Gasteiger partial charge >= 0.3 is 5.97 Å². The molecule has 0 saturated carbocycles. The first-order valence-corrected chi connectivity index (χ1v) is 9.77. The second-order valence-electron chi connectivity index (χ2n) is 4.67. The van der Waals surface area contributed by atoms with Crippen molar-refractivity contribution >= 4 is 33.7 Å². The lowest BCUT2D eigenvalue weighted by Crippen LogP contribution is -2.47. The van der Waals surface area contributed by atoms with E-state index in [-0.39, 0.29) is 12.3 Å². The fraction of sp³-hybridized carbons (Fsp3) is 0.833. The number of aliphatic carboxylic acids is 1. The number of nitrogens with one attached hydrogen (secondary N) is 2. The van der Waals surface area contributed by atoms with Gasteiger partial charge in [0.1, 0.15) is 6.04 Å². The van der Waals surface area contributed by atoms with Crippen LogP contribution in [0.25, 0.3) is 0 Å². The van der Waals surface area contributed by atoms with E-state index in [2.05, 4.69) is 10.0 Å². The number of hydrogen-bond donors (Lipinski definition) is 3. The average molecular weight is 340 g/mol. The van der Waals surface area contributed by atoms with Gasteiger partial charge < -0.3 is 10.4 Å². The van der Waals surface area contributed by atoms with E-state index in [1.165, 1.54) is 18.7 Å². The molecule has 9 heteroatoms. The van der Waals surface area contributed by atoms with Crippen molar-refractivity contribution in [2.75, 3.05) is 24.3 Å². The first-order chi connectivity index (χ1) is 9.73. The van der Waals surface area contributed by atoms with Crippen molar-refractivity contribution in [1.29, 1.82) is 0 Å². The Morgan fingerprint density at radius 3 is 2.38 bits per heavy atom. The second kappa shape index (κ2) is 10.0. The van der Waals surface area contributed by atoms with Crippen LogP contribution in [-0.4, -0.2) is 55.7 Å². The van der Waals surface area contributed by atoms with E-state index in [0.29, 0.717) is 18.6 Å². The number of sulfonamides is 1. The lowest BCUT2D eigenvalue weighted by Gasteiger charge is -2.18. The number of carbonyl (C=O) groups excluding carboxylic acids is 1. The third kappa shape index (κ3) is 8.94. The van der Waals surface area contributed by atoms with Gasteiger partial charge in [0.05, 0.1) is 11.7 Å². The number of carboxylic acid groups (broad SMARTS) is 1. The summed E-state index contributed by atoms with van der Waals surface area (Å²) in [5.41, 5.74) is 0. The Labute approximate surface area is 130 Å². The maximum atomic E-state index is 12.0. The van der Waals surface area contributed by atoms with Crippen LogP contribution in [0.5, 0.6) is 0 Å². The molecule has 0 rings (SSSR count). The molecule has 2 atom stereocenters. The van der Waals surface area contributed by atoms with E-state index < -0.39 is 33.9 Å². The third-order valence-electron chi connectivity index (χ3n) is 2.93. The minimum absolute atomic E-state index is 0.0912. The zero-order valence-corrected chi connectivity index (χ0v) is 14.2. The Morgan fingerprint density at radius 2 is 1.90 bits per heavy atom. The molecule has 0 aromatic rings. The molecule has 2 unspecified atom stereocenters. The molecular weight excluding hydrogens is 316 g/mol. The SMILES string of the molecule is CCS(=O)(=O)NC(CCSC)C(=O)NCCC(C)C(=O)O. The van der Waals surface area contributed by atoms with Crippen LogP contribution in [-0.2, 0) is 19.6 Å².